The van der Waals surface area contributed by atoms with Crippen LogP contribution in [0, 0.1) is 5.82 Å². The molecule has 2 N–H and O–H groups in total. The molecule has 0 aliphatic carbocycles. The molecule has 0 atom stereocenters. The van der Waals surface area contributed by atoms with Crippen molar-refractivity contribution in [3.05, 3.63) is 45.7 Å². The summed E-state index contributed by atoms with van der Waals surface area (Å²) < 4.78 is 43.4. The fraction of sp³-hybridized carbons (Fsp3) is 0.444. The van der Waals surface area contributed by atoms with Crippen molar-refractivity contribution >= 4 is 17.3 Å². The number of aromatic nitrogens is 1. The first-order valence-electron chi connectivity index (χ1n) is 8.71. The molecule has 0 saturated carbocycles. The van der Waals surface area contributed by atoms with Crippen molar-refractivity contribution in [2.24, 2.45) is 4.99 Å². The van der Waals surface area contributed by atoms with Crippen molar-refractivity contribution < 1.29 is 17.9 Å². The third kappa shape index (κ3) is 6.74. The highest BCUT2D eigenvalue weighted by molar-refractivity contribution is 7.11. The molecule has 0 aliphatic heterocycles. The topological polar surface area (TPSA) is 58.5 Å². The lowest BCUT2D eigenvalue weighted by Crippen LogP contribution is -2.38. The number of halogens is 3. The molecule has 0 fully saturated rings. The lowest BCUT2D eigenvalue weighted by molar-refractivity contribution is -0.0506. The zero-order valence-electron chi connectivity index (χ0n) is 15.3. The van der Waals surface area contributed by atoms with Gasteiger partial charge >= 0.3 is 6.61 Å². The molecule has 0 saturated heterocycles. The highest BCUT2D eigenvalue weighted by atomic mass is 32.1. The van der Waals surface area contributed by atoms with Crippen LogP contribution in [-0.2, 0) is 19.4 Å². The second-order valence-corrected chi connectivity index (χ2v) is 6.74. The number of nitrogens with one attached hydrogen (secondary N) is 2. The second-order valence-electron chi connectivity index (χ2n) is 5.54. The van der Waals surface area contributed by atoms with Gasteiger partial charge in [-0.15, -0.1) is 11.3 Å². The van der Waals surface area contributed by atoms with E-state index in [4.69, 9.17) is 0 Å². The number of guanidine groups is 1. The molecule has 0 amide bonds. The van der Waals surface area contributed by atoms with Gasteiger partial charge in [-0.2, -0.15) is 8.78 Å². The maximum absolute atomic E-state index is 14.0. The van der Waals surface area contributed by atoms with Gasteiger partial charge in [-0.05, 0) is 25.5 Å². The number of rotatable bonds is 9. The number of ether oxygens (including phenoxy) is 1. The Morgan fingerprint density at radius 1 is 1.30 bits per heavy atom. The van der Waals surface area contributed by atoms with E-state index in [9.17, 15) is 13.2 Å². The SMILES string of the molecule is CCNC(=NCc1c(F)cccc1OC(F)F)NCCc1ncc(CC)s1. The largest absolute Gasteiger partial charge is 0.434 e. The average molecular weight is 400 g/mol. The Balaban J connectivity index is 2.00. The van der Waals surface area contributed by atoms with Crippen LogP contribution in [0.15, 0.2) is 29.4 Å². The Hall–Kier alpha value is -2.29. The molecule has 148 valence electrons. The Bertz CT molecular complexity index is 752. The van der Waals surface area contributed by atoms with Crippen LogP contribution in [0.4, 0.5) is 13.2 Å². The molecule has 1 aromatic heterocycles. The quantitative estimate of drug-likeness (QED) is 0.497. The summed E-state index contributed by atoms with van der Waals surface area (Å²) in [5.41, 5.74) is -0.0116. The smallest absolute Gasteiger partial charge is 0.387 e. The summed E-state index contributed by atoms with van der Waals surface area (Å²) in [6, 6.07) is 3.81. The third-order valence-corrected chi connectivity index (χ3v) is 4.81. The number of aliphatic imine (C=N–C) groups is 1. The third-order valence-electron chi connectivity index (χ3n) is 3.61. The van der Waals surface area contributed by atoms with Gasteiger partial charge in [0.25, 0.3) is 0 Å². The van der Waals surface area contributed by atoms with Crippen LogP contribution in [0.3, 0.4) is 0 Å². The van der Waals surface area contributed by atoms with Gasteiger partial charge in [0.1, 0.15) is 11.6 Å². The molecule has 0 aliphatic rings. The molecule has 0 spiro atoms. The Labute approximate surface area is 160 Å². The van der Waals surface area contributed by atoms with Crippen LogP contribution in [0.5, 0.6) is 5.75 Å². The van der Waals surface area contributed by atoms with Crippen LogP contribution in [-0.4, -0.2) is 30.6 Å². The molecular weight excluding hydrogens is 377 g/mol. The molecule has 1 aromatic carbocycles. The van der Waals surface area contributed by atoms with Crippen molar-refractivity contribution in [2.75, 3.05) is 13.1 Å². The molecule has 0 radical (unpaired) electrons. The van der Waals surface area contributed by atoms with Crippen molar-refractivity contribution in [3.63, 3.8) is 0 Å². The lowest BCUT2D eigenvalue weighted by Gasteiger charge is -2.13. The minimum absolute atomic E-state index is 0.0116. The first kappa shape index (κ1) is 21.0. The minimum Gasteiger partial charge on any atom is -0.434 e. The summed E-state index contributed by atoms with van der Waals surface area (Å²) in [6.45, 7) is 2.05. The summed E-state index contributed by atoms with van der Waals surface area (Å²) in [7, 11) is 0. The van der Waals surface area contributed by atoms with Crippen molar-refractivity contribution in [1.29, 1.82) is 0 Å². The van der Waals surface area contributed by atoms with Gasteiger partial charge in [0.2, 0.25) is 0 Å². The Morgan fingerprint density at radius 3 is 2.78 bits per heavy atom. The van der Waals surface area contributed by atoms with Crippen molar-refractivity contribution in [1.82, 2.24) is 15.6 Å². The predicted octanol–water partition coefficient (Wildman–Crippen LogP) is 3.74. The summed E-state index contributed by atoms with van der Waals surface area (Å²) in [6.07, 6.45) is 3.57. The zero-order valence-corrected chi connectivity index (χ0v) is 16.1. The summed E-state index contributed by atoms with van der Waals surface area (Å²) >= 11 is 1.67. The molecule has 1 heterocycles. The highest BCUT2D eigenvalue weighted by Crippen LogP contribution is 2.24. The molecule has 9 heteroatoms. The number of alkyl halides is 2. The minimum atomic E-state index is -3.02. The molecule has 2 aromatic rings. The van der Waals surface area contributed by atoms with E-state index in [2.05, 4.69) is 32.3 Å². The molecule has 0 bridgehead atoms. The molecule has 5 nitrogen and oxygen atoms in total. The van der Waals surface area contributed by atoms with Crippen LogP contribution in [0.1, 0.15) is 29.3 Å². The monoisotopic (exact) mass is 400 g/mol. The lowest BCUT2D eigenvalue weighted by atomic mass is 10.2. The van der Waals surface area contributed by atoms with Crippen molar-refractivity contribution in [2.45, 2.75) is 39.8 Å². The van der Waals surface area contributed by atoms with Gasteiger partial charge in [0, 0.05) is 30.6 Å². The van der Waals surface area contributed by atoms with E-state index in [1.807, 2.05) is 13.1 Å². The summed E-state index contributed by atoms with van der Waals surface area (Å²) in [5.74, 6) is -0.377. The maximum Gasteiger partial charge on any atom is 0.387 e. The standard InChI is InChI=1S/C18H23F3N4OS/c1-3-12-10-24-16(27-12)8-9-23-18(22-4-2)25-11-13-14(19)6-5-7-15(13)26-17(20)21/h5-7,10,17H,3-4,8-9,11H2,1-2H3,(H2,22,23,25). The fourth-order valence-electron chi connectivity index (χ4n) is 2.31. The molecule has 0 unspecified atom stereocenters. The predicted molar refractivity (Wildman–Crippen MR) is 101 cm³/mol. The number of aryl methyl sites for hydroxylation is 1. The van der Waals surface area contributed by atoms with Crippen molar-refractivity contribution in [3.8, 4) is 5.75 Å². The normalized spacial score (nSPS) is 11.7. The van der Waals surface area contributed by atoms with Crippen LogP contribution in [0.25, 0.3) is 0 Å². The van der Waals surface area contributed by atoms with E-state index in [1.165, 1.54) is 23.1 Å². The van der Waals surface area contributed by atoms with Crippen LogP contribution in [0.2, 0.25) is 0 Å². The fourth-order valence-corrected chi connectivity index (χ4v) is 3.18. The van der Waals surface area contributed by atoms with E-state index in [0.29, 0.717) is 19.0 Å². The second kappa shape index (κ2) is 10.8. The maximum atomic E-state index is 14.0. The zero-order chi connectivity index (χ0) is 19.6. The van der Waals surface area contributed by atoms with E-state index in [0.717, 1.165) is 17.8 Å². The molecule has 2 rings (SSSR count). The Morgan fingerprint density at radius 2 is 2.11 bits per heavy atom. The van der Waals surface area contributed by atoms with Gasteiger partial charge in [-0.3, -0.25) is 0 Å². The summed E-state index contributed by atoms with van der Waals surface area (Å²) in [4.78, 5) is 9.87. The van der Waals surface area contributed by atoms with Gasteiger partial charge < -0.3 is 15.4 Å². The average Bonchev–Trinajstić information content (AvgIpc) is 3.08. The number of hydrogen-bond donors (Lipinski definition) is 2. The first-order valence-corrected chi connectivity index (χ1v) is 9.53. The number of hydrogen-bond acceptors (Lipinski definition) is 4. The molecule has 27 heavy (non-hydrogen) atoms. The van der Waals surface area contributed by atoms with E-state index in [1.54, 1.807) is 11.3 Å². The number of benzene rings is 1. The van der Waals surface area contributed by atoms with E-state index < -0.39 is 12.4 Å². The van der Waals surface area contributed by atoms with Crippen LogP contribution >= 0.6 is 11.3 Å². The van der Waals surface area contributed by atoms with Gasteiger partial charge in [0.15, 0.2) is 5.96 Å². The van der Waals surface area contributed by atoms with Gasteiger partial charge in [0.05, 0.1) is 17.1 Å². The summed E-state index contributed by atoms with van der Waals surface area (Å²) in [5, 5.41) is 7.21. The van der Waals surface area contributed by atoms with E-state index >= 15 is 0 Å². The van der Waals surface area contributed by atoms with Gasteiger partial charge in [-0.1, -0.05) is 13.0 Å². The van der Waals surface area contributed by atoms with Gasteiger partial charge in [-0.25, -0.2) is 14.4 Å². The number of nitrogens with zero attached hydrogens (tertiary/aromatic N) is 2. The number of thiazole rings is 1. The molecular formula is C18H23F3N4OS. The van der Waals surface area contributed by atoms with Crippen LogP contribution < -0.4 is 15.4 Å². The Kier molecular flexibility index (Phi) is 8.38. The first-order chi connectivity index (χ1) is 13.0. The highest BCUT2D eigenvalue weighted by Gasteiger charge is 2.13. The van der Waals surface area contributed by atoms with E-state index in [-0.39, 0.29) is 17.9 Å².